The summed E-state index contributed by atoms with van der Waals surface area (Å²) in [5.41, 5.74) is 2.15. The molecule has 1 unspecified atom stereocenters. The second-order valence-corrected chi connectivity index (χ2v) is 25.5. The molecule has 160 valence electrons. The fraction of sp³-hybridized carbons (Fsp3) is 0.882. The summed E-state index contributed by atoms with van der Waals surface area (Å²) in [5.74, 6) is 0. The van der Waals surface area contributed by atoms with Crippen LogP contribution in [0.4, 0.5) is 0 Å². The Kier molecular flexibility index (Phi) is 9.80. The maximum absolute atomic E-state index is 6.53. The summed E-state index contributed by atoms with van der Waals surface area (Å²) >= 11 is 0. The molecule has 27 heavy (non-hydrogen) atoms. The zero-order valence-corrected chi connectivity index (χ0v) is 22.6. The van der Waals surface area contributed by atoms with Crippen molar-refractivity contribution in [3.63, 3.8) is 0 Å². The molecular weight excluding hydrogens is 413 g/mol. The first kappa shape index (κ1) is 25.4. The topological polar surface area (TPSA) is 58.7 Å². The molecule has 0 amide bonds. The summed E-state index contributed by atoms with van der Waals surface area (Å²) in [7, 11) is -5.32. The molecule has 0 radical (unpaired) electrons. The van der Waals surface area contributed by atoms with E-state index in [9.17, 15) is 0 Å². The van der Waals surface area contributed by atoms with E-state index >= 15 is 0 Å². The van der Waals surface area contributed by atoms with Gasteiger partial charge in [0, 0.05) is 20.8 Å². The molecule has 10 heteroatoms. The Hall–Kier alpha value is 0.368. The van der Waals surface area contributed by atoms with Crippen molar-refractivity contribution in [2.45, 2.75) is 63.5 Å². The minimum absolute atomic E-state index is 0.292. The quantitative estimate of drug-likeness (QED) is 0.213. The van der Waals surface area contributed by atoms with Crippen LogP contribution < -0.4 is 0 Å². The maximum atomic E-state index is 6.53. The van der Waals surface area contributed by atoms with Crippen LogP contribution in [0.15, 0.2) is 12.3 Å². The van der Waals surface area contributed by atoms with Crippen molar-refractivity contribution >= 4 is 33.8 Å². The molecule has 1 saturated heterocycles. The van der Waals surface area contributed by atoms with Gasteiger partial charge in [0.25, 0.3) is 0 Å². The fourth-order valence-electron chi connectivity index (χ4n) is 2.47. The minimum Gasteiger partial charge on any atom is -0.395 e. The third kappa shape index (κ3) is 10.1. The minimum atomic E-state index is -3.16. The summed E-state index contributed by atoms with van der Waals surface area (Å²) < 4.78 is 35.3. The number of hydrogen-bond donors (Lipinski definition) is 0. The highest BCUT2D eigenvalue weighted by Gasteiger charge is 2.52. The van der Waals surface area contributed by atoms with Crippen LogP contribution in [-0.2, 0) is 26.6 Å². The average Bonchev–Trinajstić information content (AvgIpc) is 3.40. The van der Waals surface area contributed by atoms with Gasteiger partial charge in [-0.15, -0.1) is 12.3 Å². The van der Waals surface area contributed by atoms with E-state index in [1.54, 1.807) is 14.2 Å². The molecule has 0 aromatic heterocycles. The predicted molar refractivity (Wildman–Crippen MR) is 120 cm³/mol. The zero-order chi connectivity index (χ0) is 20.8. The average molecular weight is 453 g/mol. The summed E-state index contributed by atoms with van der Waals surface area (Å²) in [4.78, 5) is 0. The van der Waals surface area contributed by atoms with Gasteiger partial charge in [-0.1, -0.05) is 19.1 Å². The lowest BCUT2D eigenvalue weighted by atomic mass is 10.5. The number of hydrogen-bond acceptors (Lipinski definition) is 6. The van der Waals surface area contributed by atoms with Crippen molar-refractivity contribution < 1.29 is 26.6 Å². The van der Waals surface area contributed by atoms with Gasteiger partial charge in [0.15, 0.2) is 16.6 Å². The van der Waals surface area contributed by atoms with Gasteiger partial charge >= 0.3 is 9.05 Å². The lowest BCUT2D eigenvalue weighted by Crippen LogP contribution is -2.59. The third-order valence-electron chi connectivity index (χ3n) is 4.78. The molecule has 0 N–H and O–H groups in total. The van der Waals surface area contributed by atoms with Gasteiger partial charge in [-0.3, -0.25) is 0 Å². The Labute approximate surface area is 170 Å². The van der Waals surface area contributed by atoms with Crippen molar-refractivity contribution in [3.8, 4) is 0 Å². The van der Waals surface area contributed by atoms with Gasteiger partial charge in [0.2, 0.25) is 0 Å². The van der Waals surface area contributed by atoms with E-state index in [1.165, 1.54) is 0 Å². The van der Waals surface area contributed by atoms with Gasteiger partial charge in [-0.05, 0) is 38.3 Å². The molecule has 0 bridgehead atoms. The molecule has 0 aliphatic carbocycles. The van der Waals surface area contributed by atoms with E-state index in [0.717, 1.165) is 24.7 Å². The Morgan fingerprint density at radius 2 is 1.44 bits per heavy atom. The van der Waals surface area contributed by atoms with Crippen LogP contribution in [0.3, 0.4) is 0 Å². The molecule has 0 saturated carbocycles. The SMILES string of the molecule is C=C[Si](C)(C)CC[Si](C)(C)O[Si](OC)(OC)O[Si](C)(C)CCOCC1CO1. The molecule has 0 spiro atoms. The Morgan fingerprint density at radius 3 is 1.89 bits per heavy atom. The second kappa shape index (κ2) is 10.4. The first-order chi connectivity index (χ1) is 12.4. The molecule has 1 fully saturated rings. The molecule has 1 aliphatic heterocycles. The lowest BCUT2D eigenvalue weighted by Gasteiger charge is -2.38. The van der Waals surface area contributed by atoms with Crippen molar-refractivity contribution in [1.82, 2.24) is 0 Å². The van der Waals surface area contributed by atoms with E-state index < -0.39 is 33.8 Å². The number of ether oxygens (including phenoxy) is 2. The van der Waals surface area contributed by atoms with E-state index in [2.05, 4.69) is 51.6 Å². The van der Waals surface area contributed by atoms with Gasteiger partial charge in [0.1, 0.15) is 6.10 Å². The second-order valence-electron chi connectivity index (χ2n) is 9.10. The van der Waals surface area contributed by atoms with Crippen LogP contribution in [0.1, 0.15) is 0 Å². The standard InChI is InChI=1S/C17H40O6Si4/c1-10-24(4,5)13-14-26(8,9)23-27(18-2,19-3)22-25(6,7)12-11-20-15-17-16-21-17/h10,17H,1,11-16H2,2-9H3. The van der Waals surface area contributed by atoms with Crippen LogP contribution in [0.2, 0.25) is 57.4 Å². The summed E-state index contributed by atoms with van der Waals surface area (Å²) in [5, 5.41) is 0. The Balaban J connectivity index is 2.63. The van der Waals surface area contributed by atoms with Gasteiger partial charge in [-0.25, -0.2) is 0 Å². The number of epoxide rings is 1. The summed E-state index contributed by atoms with van der Waals surface area (Å²) in [6.45, 7) is 19.6. The normalized spacial score (nSPS) is 18.6. The highest BCUT2D eigenvalue weighted by atomic mass is 28.5. The largest absolute Gasteiger partial charge is 0.657 e. The monoisotopic (exact) mass is 452 g/mol. The molecule has 1 rings (SSSR count). The lowest BCUT2D eigenvalue weighted by molar-refractivity contribution is 0.0738. The highest BCUT2D eigenvalue weighted by Crippen LogP contribution is 2.28. The van der Waals surface area contributed by atoms with Crippen LogP contribution in [0.25, 0.3) is 0 Å². The van der Waals surface area contributed by atoms with Gasteiger partial charge in [-0.2, -0.15) is 0 Å². The third-order valence-corrected chi connectivity index (χ3v) is 18.2. The van der Waals surface area contributed by atoms with Gasteiger partial charge < -0.3 is 26.6 Å². The van der Waals surface area contributed by atoms with E-state index in [0.29, 0.717) is 19.3 Å². The fourth-order valence-corrected chi connectivity index (χ4v) is 16.6. The maximum Gasteiger partial charge on any atom is 0.657 e. The first-order valence-electron chi connectivity index (χ1n) is 9.72. The van der Waals surface area contributed by atoms with Crippen molar-refractivity contribution in [2.24, 2.45) is 0 Å². The molecular formula is C17H40O6Si4. The van der Waals surface area contributed by atoms with Crippen LogP contribution >= 0.6 is 0 Å². The Morgan fingerprint density at radius 1 is 0.926 bits per heavy atom. The van der Waals surface area contributed by atoms with Crippen molar-refractivity contribution in [1.29, 1.82) is 0 Å². The van der Waals surface area contributed by atoms with E-state index in [1.807, 2.05) is 0 Å². The number of rotatable bonds is 15. The van der Waals surface area contributed by atoms with Crippen LogP contribution in [0.5, 0.6) is 0 Å². The van der Waals surface area contributed by atoms with E-state index in [4.69, 9.17) is 26.6 Å². The molecule has 0 aromatic rings. The Bertz CT molecular complexity index is 464. The van der Waals surface area contributed by atoms with Crippen molar-refractivity contribution in [2.75, 3.05) is 34.0 Å². The van der Waals surface area contributed by atoms with Crippen LogP contribution in [-0.4, -0.2) is 73.9 Å². The smallest absolute Gasteiger partial charge is 0.395 e. The molecule has 1 aliphatic rings. The first-order valence-corrected chi connectivity index (χ1v) is 20.9. The summed E-state index contributed by atoms with van der Waals surface area (Å²) in [6, 6.07) is 3.07. The van der Waals surface area contributed by atoms with E-state index in [-0.39, 0.29) is 0 Å². The summed E-state index contributed by atoms with van der Waals surface area (Å²) in [6.07, 6.45) is 0.292. The molecule has 0 aromatic carbocycles. The molecule has 6 nitrogen and oxygen atoms in total. The molecule has 1 heterocycles. The highest BCUT2D eigenvalue weighted by molar-refractivity contribution is 6.87. The molecule has 1 atom stereocenters. The zero-order valence-electron chi connectivity index (χ0n) is 18.6. The van der Waals surface area contributed by atoms with Gasteiger partial charge in [0.05, 0.1) is 21.3 Å². The van der Waals surface area contributed by atoms with Crippen molar-refractivity contribution in [3.05, 3.63) is 12.3 Å². The van der Waals surface area contributed by atoms with Crippen LogP contribution in [0, 0.1) is 0 Å². The predicted octanol–water partition coefficient (Wildman–Crippen LogP) is 4.01.